The van der Waals surface area contributed by atoms with Gasteiger partial charge >= 0.3 is 6.03 Å². The molecule has 1 aliphatic rings. The highest BCUT2D eigenvalue weighted by atomic mass is 16.5. The number of ether oxygens (including phenoxy) is 2. The van der Waals surface area contributed by atoms with E-state index in [1.54, 1.807) is 24.3 Å². The molecule has 1 unspecified atom stereocenters. The smallest absolute Gasteiger partial charge is 0.319 e. The summed E-state index contributed by atoms with van der Waals surface area (Å²) >= 11 is 0. The van der Waals surface area contributed by atoms with Crippen LogP contribution in [0.5, 0.6) is 5.75 Å². The van der Waals surface area contributed by atoms with Gasteiger partial charge in [-0.3, -0.25) is 4.79 Å². The minimum absolute atomic E-state index is 0.0195. The maximum Gasteiger partial charge on any atom is 0.319 e. The molecule has 1 heterocycles. The number of carbonyl (C=O) groups excluding carboxylic acids is 2. The number of rotatable bonds is 7. The Labute approximate surface area is 177 Å². The summed E-state index contributed by atoms with van der Waals surface area (Å²) in [5.41, 5.74) is 2.61. The van der Waals surface area contributed by atoms with Crippen molar-refractivity contribution < 1.29 is 19.1 Å². The lowest BCUT2D eigenvalue weighted by Crippen LogP contribution is -2.34. The van der Waals surface area contributed by atoms with Crippen molar-refractivity contribution in [1.29, 1.82) is 0 Å². The Kier molecular flexibility index (Phi) is 7.30. The number of carbonyl (C=O) groups is 2. The molecule has 0 aromatic heterocycles. The Hall–Kier alpha value is -3.06. The highest BCUT2D eigenvalue weighted by Gasteiger charge is 2.18. The van der Waals surface area contributed by atoms with Crippen LogP contribution in [0, 0.1) is 6.92 Å². The summed E-state index contributed by atoms with van der Waals surface area (Å²) in [6.07, 6.45) is 2.12. The molecular weight excluding hydrogens is 382 g/mol. The number of aryl methyl sites for hydroxylation is 1. The molecule has 2 aromatic carbocycles. The van der Waals surface area contributed by atoms with Gasteiger partial charge < -0.3 is 25.4 Å². The van der Waals surface area contributed by atoms with Crippen LogP contribution in [0.25, 0.3) is 0 Å². The van der Waals surface area contributed by atoms with Crippen molar-refractivity contribution in [2.24, 2.45) is 0 Å². The van der Waals surface area contributed by atoms with Crippen LogP contribution in [0.2, 0.25) is 0 Å². The normalized spacial score (nSPS) is 15.7. The average Bonchev–Trinajstić information content (AvgIpc) is 3.21. The van der Waals surface area contributed by atoms with E-state index < -0.39 is 0 Å². The van der Waals surface area contributed by atoms with E-state index in [0.29, 0.717) is 29.3 Å². The van der Waals surface area contributed by atoms with E-state index in [1.165, 1.54) is 0 Å². The van der Waals surface area contributed by atoms with Crippen LogP contribution >= 0.6 is 0 Å². The average molecular weight is 412 g/mol. The molecule has 7 nitrogen and oxygen atoms in total. The highest BCUT2D eigenvalue weighted by Crippen LogP contribution is 2.27. The fourth-order valence-corrected chi connectivity index (χ4v) is 3.17. The molecule has 0 radical (unpaired) electrons. The van der Waals surface area contributed by atoms with Gasteiger partial charge in [0.1, 0.15) is 12.4 Å². The molecule has 0 aliphatic carbocycles. The van der Waals surface area contributed by atoms with Crippen LogP contribution < -0.4 is 20.7 Å². The van der Waals surface area contributed by atoms with E-state index in [2.05, 4.69) is 16.0 Å². The fourth-order valence-electron chi connectivity index (χ4n) is 3.17. The zero-order chi connectivity index (χ0) is 21.5. The molecule has 3 rings (SSSR count). The number of amides is 3. The van der Waals surface area contributed by atoms with E-state index >= 15 is 0 Å². The quantitative estimate of drug-likeness (QED) is 0.633. The van der Waals surface area contributed by atoms with E-state index in [9.17, 15) is 9.59 Å². The maximum absolute atomic E-state index is 12.8. The summed E-state index contributed by atoms with van der Waals surface area (Å²) in [7, 11) is 0. The first-order valence-electron chi connectivity index (χ1n) is 10.2. The topological polar surface area (TPSA) is 88.7 Å². The Morgan fingerprint density at radius 1 is 1.17 bits per heavy atom. The summed E-state index contributed by atoms with van der Waals surface area (Å²) in [4.78, 5) is 24.7. The SMILES string of the molecule is Cc1ccc(NC(=O)c2cccc(NC(=O)NC(C)C)c2)c(OCC2CCCO2)c1. The van der Waals surface area contributed by atoms with Gasteiger partial charge in [-0.1, -0.05) is 12.1 Å². The zero-order valence-electron chi connectivity index (χ0n) is 17.7. The third-order valence-electron chi connectivity index (χ3n) is 4.64. The van der Waals surface area contributed by atoms with E-state index in [0.717, 1.165) is 25.0 Å². The highest BCUT2D eigenvalue weighted by molar-refractivity contribution is 6.06. The fraction of sp³-hybridized carbons (Fsp3) is 0.391. The molecule has 1 aliphatic heterocycles. The molecule has 2 aromatic rings. The molecule has 1 saturated heterocycles. The number of benzene rings is 2. The van der Waals surface area contributed by atoms with Crippen LogP contribution in [0.4, 0.5) is 16.2 Å². The van der Waals surface area contributed by atoms with Crippen LogP contribution in [0.15, 0.2) is 42.5 Å². The Bertz CT molecular complexity index is 892. The molecule has 7 heteroatoms. The first-order valence-corrected chi connectivity index (χ1v) is 10.2. The van der Waals surface area contributed by atoms with Gasteiger partial charge in [0, 0.05) is 23.9 Å². The van der Waals surface area contributed by atoms with Gasteiger partial charge in [-0.05, 0) is 69.5 Å². The van der Waals surface area contributed by atoms with Crippen LogP contribution in [0.1, 0.15) is 42.6 Å². The molecule has 0 bridgehead atoms. The number of anilines is 2. The van der Waals surface area contributed by atoms with Gasteiger partial charge in [-0.25, -0.2) is 4.79 Å². The molecule has 3 amide bonds. The lowest BCUT2D eigenvalue weighted by Gasteiger charge is -2.16. The standard InChI is InChI=1S/C23H29N3O4/c1-15(2)24-23(28)25-18-7-4-6-17(13-18)22(27)26-20-10-9-16(3)12-21(20)30-14-19-8-5-11-29-19/h4,6-7,9-10,12-13,15,19H,5,8,11,14H2,1-3H3,(H,26,27)(H2,24,25,28). The third-order valence-corrected chi connectivity index (χ3v) is 4.64. The number of nitrogens with one attached hydrogen (secondary N) is 3. The lowest BCUT2D eigenvalue weighted by atomic mass is 10.1. The van der Waals surface area contributed by atoms with Gasteiger partial charge in [-0.2, -0.15) is 0 Å². The number of hydrogen-bond acceptors (Lipinski definition) is 4. The van der Waals surface area contributed by atoms with Gasteiger partial charge in [0.25, 0.3) is 5.91 Å². The zero-order valence-corrected chi connectivity index (χ0v) is 17.7. The number of hydrogen-bond donors (Lipinski definition) is 3. The third kappa shape index (κ3) is 6.22. The number of urea groups is 1. The molecular formula is C23H29N3O4. The van der Waals surface area contributed by atoms with Crippen molar-refractivity contribution in [1.82, 2.24) is 5.32 Å². The van der Waals surface area contributed by atoms with Crippen molar-refractivity contribution >= 4 is 23.3 Å². The molecule has 3 N–H and O–H groups in total. The second-order valence-corrected chi connectivity index (χ2v) is 7.73. The van der Waals surface area contributed by atoms with E-state index in [4.69, 9.17) is 9.47 Å². The van der Waals surface area contributed by atoms with Crippen molar-refractivity contribution in [3.8, 4) is 5.75 Å². The monoisotopic (exact) mass is 411 g/mol. The van der Waals surface area contributed by atoms with Crippen LogP contribution in [0.3, 0.4) is 0 Å². The minimum atomic E-state index is -0.314. The summed E-state index contributed by atoms with van der Waals surface area (Å²) < 4.78 is 11.6. The first kappa shape index (κ1) is 21.6. The molecule has 1 atom stereocenters. The summed E-state index contributed by atoms with van der Waals surface area (Å²) in [6.45, 7) is 6.95. The van der Waals surface area contributed by atoms with Gasteiger partial charge in [0.05, 0.1) is 11.8 Å². The van der Waals surface area contributed by atoms with Crippen molar-refractivity contribution in [3.05, 3.63) is 53.6 Å². The van der Waals surface area contributed by atoms with Gasteiger partial charge in [-0.15, -0.1) is 0 Å². The second kappa shape index (κ2) is 10.1. The Morgan fingerprint density at radius 3 is 2.73 bits per heavy atom. The van der Waals surface area contributed by atoms with Crippen molar-refractivity contribution in [3.63, 3.8) is 0 Å². The molecule has 0 saturated carbocycles. The largest absolute Gasteiger partial charge is 0.489 e. The maximum atomic E-state index is 12.8. The van der Waals surface area contributed by atoms with Crippen molar-refractivity contribution in [2.45, 2.75) is 45.8 Å². The van der Waals surface area contributed by atoms with Crippen LogP contribution in [-0.4, -0.2) is 37.3 Å². The van der Waals surface area contributed by atoms with Gasteiger partial charge in [0.15, 0.2) is 0 Å². The molecule has 30 heavy (non-hydrogen) atoms. The second-order valence-electron chi connectivity index (χ2n) is 7.73. The van der Waals surface area contributed by atoms with Crippen LogP contribution in [-0.2, 0) is 4.74 Å². The summed E-state index contributed by atoms with van der Waals surface area (Å²) in [5, 5.41) is 8.40. The van der Waals surface area contributed by atoms with Gasteiger partial charge in [0.2, 0.25) is 0 Å². The predicted octanol–water partition coefficient (Wildman–Crippen LogP) is 4.34. The first-order chi connectivity index (χ1) is 14.4. The Balaban J connectivity index is 1.68. The Morgan fingerprint density at radius 2 is 2.00 bits per heavy atom. The summed E-state index contributed by atoms with van der Waals surface area (Å²) in [5.74, 6) is 0.332. The predicted molar refractivity (Wildman–Crippen MR) is 117 cm³/mol. The molecule has 0 spiro atoms. The van der Waals surface area contributed by atoms with Crippen molar-refractivity contribution in [2.75, 3.05) is 23.8 Å². The van der Waals surface area contributed by atoms with E-state index in [-0.39, 0.29) is 24.1 Å². The molecule has 160 valence electrons. The minimum Gasteiger partial charge on any atom is -0.489 e. The lowest BCUT2D eigenvalue weighted by molar-refractivity contribution is 0.0681. The molecule has 1 fully saturated rings. The van der Waals surface area contributed by atoms with E-state index in [1.807, 2.05) is 39.0 Å². The summed E-state index contributed by atoms with van der Waals surface area (Å²) in [6, 6.07) is 12.1.